The van der Waals surface area contributed by atoms with Crippen molar-refractivity contribution >= 4 is 0 Å². The third-order valence-electron chi connectivity index (χ3n) is 2.18. The molecule has 0 amide bonds. The van der Waals surface area contributed by atoms with Gasteiger partial charge in [0.05, 0.1) is 6.42 Å². The Labute approximate surface area is 83.3 Å². The highest BCUT2D eigenvalue weighted by atomic mass is 19.4. The standard InChI is InChI=1S/C9H19F3N2/c1-3-8(13)4-6-14(2)7-5-9(10,11)12/h8H,3-7,13H2,1-2H3. The van der Waals surface area contributed by atoms with Crippen LogP contribution in [-0.2, 0) is 0 Å². The van der Waals surface area contributed by atoms with Crippen LogP contribution in [0.1, 0.15) is 26.2 Å². The summed E-state index contributed by atoms with van der Waals surface area (Å²) in [6.07, 6.45) is -3.18. The smallest absolute Gasteiger partial charge is 0.328 e. The molecular formula is C9H19F3N2. The number of nitrogens with zero attached hydrogens (tertiary/aromatic N) is 1. The molecule has 0 fully saturated rings. The quantitative estimate of drug-likeness (QED) is 0.729. The highest BCUT2D eigenvalue weighted by Gasteiger charge is 2.26. The molecule has 0 saturated heterocycles. The van der Waals surface area contributed by atoms with Crippen LogP contribution >= 0.6 is 0 Å². The third kappa shape index (κ3) is 8.31. The number of alkyl halides is 3. The molecular weight excluding hydrogens is 193 g/mol. The van der Waals surface area contributed by atoms with Crippen molar-refractivity contribution in [3.8, 4) is 0 Å². The van der Waals surface area contributed by atoms with Gasteiger partial charge in [0, 0.05) is 12.6 Å². The van der Waals surface area contributed by atoms with E-state index in [1.54, 1.807) is 11.9 Å². The van der Waals surface area contributed by atoms with E-state index in [1.807, 2.05) is 6.92 Å². The minimum absolute atomic E-state index is 0.0555. The molecule has 0 aliphatic rings. The van der Waals surface area contributed by atoms with Crippen LogP contribution in [0, 0.1) is 0 Å². The van der Waals surface area contributed by atoms with E-state index in [2.05, 4.69) is 0 Å². The first-order chi connectivity index (χ1) is 6.35. The molecule has 2 nitrogen and oxygen atoms in total. The molecule has 0 aliphatic heterocycles. The maximum Gasteiger partial charge on any atom is 0.390 e. The summed E-state index contributed by atoms with van der Waals surface area (Å²) in [5, 5.41) is 0. The van der Waals surface area contributed by atoms with Gasteiger partial charge in [-0.1, -0.05) is 6.92 Å². The molecule has 86 valence electrons. The molecule has 1 unspecified atom stereocenters. The lowest BCUT2D eigenvalue weighted by molar-refractivity contribution is -0.137. The average molecular weight is 212 g/mol. The second-order valence-electron chi connectivity index (χ2n) is 3.63. The van der Waals surface area contributed by atoms with Crippen molar-refractivity contribution in [2.75, 3.05) is 20.1 Å². The molecule has 2 N–H and O–H groups in total. The van der Waals surface area contributed by atoms with Gasteiger partial charge in [0.1, 0.15) is 0 Å². The summed E-state index contributed by atoms with van der Waals surface area (Å²) in [7, 11) is 1.69. The zero-order chi connectivity index (χ0) is 11.2. The lowest BCUT2D eigenvalue weighted by Crippen LogP contribution is -2.30. The van der Waals surface area contributed by atoms with E-state index in [1.165, 1.54) is 0 Å². The number of nitrogens with two attached hydrogens (primary N) is 1. The molecule has 14 heavy (non-hydrogen) atoms. The monoisotopic (exact) mass is 212 g/mol. The minimum atomic E-state index is -4.05. The summed E-state index contributed by atoms with van der Waals surface area (Å²) in [5.74, 6) is 0. The SMILES string of the molecule is CCC(N)CCN(C)CCC(F)(F)F. The van der Waals surface area contributed by atoms with Gasteiger partial charge >= 0.3 is 6.18 Å². The Bertz CT molecular complexity index is 147. The molecule has 0 bridgehead atoms. The van der Waals surface area contributed by atoms with E-state index in [4.69, 9.17) is 5.73 Å². The third-order valence-corrected chi connectivity index (χ3v) is 2.18. The van der Waals surface area contributed by atoms with Crippen LogP contribution in [0.2, 0.25) is 0 Å². The van der Waals surface area contributed by atoms with E-state index >= 15 is 0 Å². The minimum Gasteiger partial charge on any atom is -0.328 e. The first-order valence-corrected chi connectivity index (χ1v) is 4.86. The summed E-state index contributed by atoms with van der Waals surface area (Å²) >= 11 is 0. The predicted molar refractivity (Wildman–Crippen MR) is 51.1 cm³/mol. The molecule has 0 aromatic rings. The van der Waals surface area contributed by atoms with Gasteiger partial charge in [0.25, 0.3) is 0 Å². The van der Waals surface area contributed by atoms with E-state index in [-0.39, 0.29) is 12.6 Å². The number of halogens is 3. The zero-order valence-electron chi connectivity index (χ0n) is 8.77. The first kappa shape index (κ1) is 13.7. The highest BCUT2D eigenvalue weighted by molar-refractivity contribution is 4.63. The Kier molecular flexibility index (Phi) is 6.11. The van der Waals surface area contributed by atoms with Gasteiger partial charge in [-0.25, -0.2) is 0 Å². The fourth-order valence-corrected chi connectivity index (χ4v) is 1.02. The van der Waals surface area contributed by atoms with Crippen LogP contribution in [-0.4, -0.2) is 37.3 Å². The highest BCUT2D eigenvalue weighted by Crippen LogP contribution is 2.19. The van der Waals surface area contributed by atoms with E-state index in [0.29, 0.717) is 6.54 Å². The van der Waals surface area contributed by atoms with Gasteiger partial charge in [-0.15, -0.1) is 0 Å². The second kappa shape index (κ2) is 6.24. The van der Waals surface area contributed by atoms with E-state index in [9.17, 15) is 13.2 Å². The van der Waals surface area contributed by atoms with Gasteiger partial charge in [0.15, 0.2) is 0 Å². The van der Waals surface area contributed by atoms with Crippen LogP contribution in [0.25, 0.3) is 0 Å². The van der Waals surface area contributed by atoms with Gasteiger partial charge in [0.2, 0.25) is 0 Å². The molecule has 0 aromatic heterocycles. The van der Waals surface area contributed by atoms with E-state index in [0.717, 1.165) is 12.8 Å². The topological polar surface area (TPSA) is 29.3 Å². The number of hydrogen-bond donors (Lipinski definition) is 1. The molecule has 0 spiro atoms. The van der Waals surface area contributed by atoms with Gasteiger partial charge in [-0.3, -0.25) is 0 Å². The zero-order valence-corrected chi connectivity index (χ0v) is 8.77. The van der Waals surface area contributed by atoms with Crippen molar-refractivity contribution in [2.45, 2.75) is 38.4 Å². The normalized spacial score (nSPS) is 14.8. The Morgan fingerprint density at radius 1 is 1.29 bits per heavy atom. The molecule has 0 heterocycles. The average Bonchev–Trinajstić information content (AvgIpc) is 2.09. The Morgan fingerprint density at radius 2 is 1.86 bits per heavy atom. The fraction of sp³-hybridized carbons (Fsp3) is 1.00. The van der Waals surface area contributed by atoms with Gasteiger partial charge in [-0.2, -0.15) is 13.2 Å². The molecule has 0 aliphatic carbocycles. The summed E-state index contributed by atoms with van der Waals surface area (Å²) in [5.41, 5.74) is 5.65. The Hall–Kier alpha value is -0.290. The van der Waals surface area contributed by atoms with Crippen molar-refractivity contribution in [3.05, 3.63) is 0 Å². The second-order valence-corrected chi connectivity index (χ2v) is 3.63. The van der Waals surface area contributed by atoms with Crippen molar-refractivity contribution in [1.82, 2.24) is 4.90 Å². The molecule has 1 atom stereocenters. The number of hydrogen-bond acceptors (Lipinski definition) is 2. The maximum absolute atomic E-state index is 11.8. The summed E-state index contributed by atoms with van der Waals surface area (Å²) in [4.78, 5) is 1.67. The summed E-state index contributed by atoms with van der Waals surface area (Å²) in [6.45, 7) is 2.66. The molecule has 5 heteroatoms. The number of rotatable bonds is 6. The van der Waals surface area contributed by atoms with Gasteiger partial charge < -0.3 is 10.6 Å². The van der Waals surface area contributed by atoms with Crippen LogP contribution in [0.5, 0.6) is 0 Å². The van der Waals surface area contributed by atoms with Crippen molar-refractivity contribution in [2.24, 2.45) is 5.73 Å². The van der Waals surface area contributed by atoms with Crippen molar-refractivity contribution in [3.63, 3.8) is 0 Å². The van der Waals surface area contributed by atoms with Crippen LogP contribution < -0.4 is 5.73 Å². The molecule has 0 rings (SSSR count). The van der Waals surface area contributed by atoms with Crippen molar-refractivity contribution < 1.29 is 13.2 Å². The van der Waals surface area contributed by atoms with Crippen LogP contribution in [0.4, 0.5) is 13.2 Å². The predicted octanol–water partition coefficient (Wildman–Crippen LogP) is 2.00. The lowest BCUT2D eigenvalue weighted by Gasteiger charge is -2.19. The molecule has 0 radical (unpaired) electrons. The summed E-state index contributed by atoms with van der Waals surface area (Å²) in [6, 6.07) is 0.100. The molecule has 0 saturated carbocycles. The van der Waals surface area contributed by atoms with Gasteiger partial charge in [-0.05, 0) is 26.4 Å². The van der Waals surface area contributed by atoms with E-state index < -0.39 is 12.6 Å². The lowest BCUT2D eigenvalue weighted by atomic mass is 10.1. The largest absolute Gasteiger partial charge is 0.390 e. The Morgan fingerprint density at radius 3 is 2.29 bits per heavy atom. The molecule has 0 aromatic carbocycles. The van der Waals surface area contributed by atoms with Crippen molar-refractivity contribution in [1.29, 1.82) is 0 Å². The maximum atomic E-state index is 11.8. The van der Waals surface area contributed by atoms with Crippen LogP contribution in [0.15, 0.2) is 0 Å². The van der Waals surface area contributed by atoms with Crippen LogP contribution in [0.3, 0.4) is 0 Å². The fourth-order valence-electron chi connectivity index (χ4n) is 1.02. The Balaban J connectivity index is 3.51. The summed E-state index contributed by atoms with van der Waals surface area (Å²) < 4.78 is 35.5. The first-order valence-electron chi connectivity index (χ1n) is 4.86.